The number of aromatic nitrogens is 1. The van der Waals surface area contributed by atoms with E-state index in [0.29, 0.717) is 5.69 Å². The van der Waals surface area contributed by atoms with Gasteiger partial charge in [-0.1, -0.05) is 0 Å². The Labute approximate surface area is 89.7 Å². The molecule has 0 amide bonds. The van der Waals surface area contributed by atoms with Crippen LogP contribution in [0, 0.1) is 11.3 Å². The van der Waals surface area contributed by atoms with E-state index in [1.807, 2.05) is 12.1 Å². The summed E-state index contributed by atoms with van der Waals surface area (Å²) in [6.07, 6.45) is 1.70. The van der Waals surface area contributed by atoms with Crippen molar-refractivity contribution < 1.29 is 0 Å². The third kappa shape index (κ3) is 2.25. The summed E-state index contributed by atoms with van der Waals surface area (Å²) in [5, 5.41) is 8.76. The minimum Gasteiger partial charge on any atom is -0.369 e. The number of piperazine rings is 1. The van der Waals surface area contributed by atoms with Gasteiger partial charge in [-0.2, -0.15) is 5.26 Å². The molecule has 0 unspecified atom stereocenters. The summed E-state index contributed by atoms with van der Waals surface area (Å²) < 4.78 is 0. The highest BCUT2D eigenvalue weighted by Crippen LogP contribution is 2.15. The number of hydrogen-bond donors (Lipinski definition) is 0. The molecule has 1 aliphatic rings. The summed E-state index contributed by atoms with van der Waals surface area (Å²) in [4.78, 5) is 8.57. The Morgan fingerprint density at radius 1 is 1.33 bits per heavy atom. The molecule has 2 rings (SSSR count). The molecule has 15 heavy (non-hydrogen) atoms. The van der Waals surface area contributed by atoms with E-state index < -0.39 is 0 Å². The van der Waals surface area contributed by atoms with E-state index in [4.69, 9.17) is 5.26 Å². The first kappa shape index (κ1) is 9.94. The molecule has 0 atom stereocenters. The second-order valence-electron chi connectivity index (χ2n) is 3.80. The minimum absolute atomic E-state index is 0.492. The molecular formula is C11H14N4. The quantitative estimate of drug-likeness (QED) is 0.672. The van der Waals surface area contributed by atoms with Crippen molar-refractivity contribution in [2.24, 2.45) is 0 Å². The zero-order chi connectivity index (χ0) is 10.7. The first-order chi connectivity index (χ1) is 7.29. The fourth-order valence-electron chi connectivity index (χ4n) is 1.74. The van der Waals surface area contributed by atoms with E-state index in [2.05, 4.69) is 27.9 Å². The molecule has 1 aromatic rings. The van der Waals surface area contributed by atoms with Gasteiger partial charge in [0.25, 0.3) is 0 Å². The standard InChI is InChI=1S/C11H14N4/c1-14-4-6-15(7-5-14)11-2-3-13-10(8-11)9-12/h2-3,8H,4-7H2,1H3. The van der Waals surface area contributed by atoms with Crippen LogP contribution in [0.4, 0.5) is 5.69 Å². The number of pyridine rings is 1. The van der Waals surface area contributed by atoms with E-state index in [0.717, 1.165) is 31.9 Å². The van der Waals surface area contributed by atoms with Crippen molar-refractivity contribution in [3.63, 3.8) is 0 Å². The SMILES string of the molecule is CN1CCN(c2ccnc(C#N)c2)CC1. The van der Waals surface area contributed by atoms with Crippen molar-refractivity contribution in [2.75, 3.05) is 38.1 Å². The normalized spacial score (nSPS) is 17.5. The maximum absolute atomic E-state index is 8.76. The van der Waals surface area contributed by atoms with Gasteiger partial charge in [-0.25, -0.2) is 4.98 Å². The zero-order valence-corrected chi connectivity index (χ0v) is 8.85. The third-order valence-electron chi connectivity index (χ3n) is 2.73. The van der Waals surface area contributed by atoms with Crippen molar-refractivity contribution in [1.82, 2.24) is 9.88 Å². The highest BCUT2D eigenvalue weighted by molar-refractivity contribution is 5.49. The molecule has 78 valence electrons. The number of hydrogen-bond acceptors (Lipinski definition) is 4. The first-order valence-electron chi connectivity index (χ1n) is 5.09. The van der Waals surface area contributed by atoms with E-state index in [1.54, 1.807) is 6.20 Å². The average molecular weight is 202 g/mol. The topological polar surface area (TPSA) is 43.2 Å². The lowest BCUT2D eigenvalue weighted by molar-refractivity contribution is 0.313. The van der Waals surface area contributed by atoms with Crippen LogP contribution in [0.5, 0.6) is 0 Å². The Bertz CT molecular complexity index is 374. The molecule has 4 nitrogen and oxygen atoms in total. The number of rotatable bonds is 1. The molecule has 2 heterocycles. The van der Waals surface area contributed by atoms with Crippen molar-refractivity contribution in [3.05, 3.63) is 24.0 Å². The highest BCUT2D eigenvalue weighted by Gasteiger charge is 2.14. The van der Waals surface area contributed by atoms with Crippen LogP contribution >= 0.6 is 0 Å². The van der Waals surface area contributed by atoms with Gasteiger partial charge in [-0.15, -0.1) is 0 Å². The number of nitriles is 1. The van der Waals surface area contributed by atoms with Crippen LogP contribution < -0.4 is 4.90 Å². The molecule has 1 aliphatic heterocycles. The lowest BCUT2D eigenvalue weighted by atomic mass is 10.2. The molecule has 0 aromatic carbocycles. The molecule has 1 aromatic heterocycles. The summed E-state index contributed by atoms with van der Waals surface area (Å²) >= 11 is 0. The van der Waals surface area contributed by atoms with Crippen LogP contribution in [0.1, 0.15) is 5.69 Å². The monoisotopic (exact) mass is 202 g/mol. The van der Waals surface area contributed by atoms with E-state index in [-0.39, 0.29) is 0 Å². The van der Waals surface area contributed by atoms with Crippen molar-refractivity contribution in [1.29, 1.82) is 5.26 Å². The fraction of sp³-hybridized carbons (Fsp3) is 0.455. The van der Waals surface area contributed by atoms with Gasteiger partial charge in [0.2, 0.25) is 0 Å². The van der Waals surface area contributed by atoms with Crippen LogP contribution in [0.2, 0.25) is 0 Å². The summed E-state index contributed by atoms with van der Waals surface area (Å²) in [5.74, 6) is 0. The smallest absolute Gasteiger partial charge is 0.142 e. The van der Waals surface area contributed by atoms with Crippen molar-refractivity contribution in [2.45, 2.75) is 0 Å². The van der Waals surface area contributed by atoms with Gasteiger partial charge in [0, 0.05) is 38.1 Å². The van der Waals surface area contributed by atoms with Gasteiger partial charge in [0.05, 0.1) is 0 Å². The molecule has 1 fully saturated rings. The van der Waals surface area contributed by atoms with Crippen molar-refractivity contribution in [3.8, 4) is 6.07 Å². The van der Waals surface area contributed by atoms with E-state index in [1.165, 1.54) is 0 Å². The van der Waals surface area contributed by atoms with Crippen LogP contribution in [0.15, 0.2) is 18.3 Å². The number of likely N-dealkylation sites (N-methyl/N-ethyl adjacent to an activating group) is 1. The van der Waals surface area contributed by atoms with Crippen LogP contribution in [0.25, 0.3) is 0 Å². The maximum atomic E-state index is 8.76. The van der Waals surface area contributed by atoms with Gasteiger partial charge in [-0.3, -0.25) is 0 Å². The van der Waals surface area contributed by atoms with Gasteiger partial charge >= 0.3 is 0 Å². The Morgan fingerprint density at radius 2 is 2.07 bits per heavy atom. The zero-order valence-electron chi connectivity index (χ0n) is 8.85. The lowest BCUT2D eigenvalue weighted by Crippen LogP contribution is -2.44. The predicted molar refractivity (Wildman–Crippen MR) is 58.7 cm³/mol. The molecule has 0 radical (unpaired) electrons. The Balaban J connectivity index is 2.12. The molecule has 0 N–H and O–H groups in total. The fourth-order valence-corrected chi connectivity index (χ4v) is 1.74. The molecule has 0 bridgehead atoms. The van der Waals surface area contributed by atoms with E-state index in [9.17, 15) is 0 Å². The minimum atomic E-state index is 0.492. The average Bonchev–Trinajstić information content (AvgIpc) is 2.30. The van der Waals surface area contributed by atoms with Gasteiger partial charge in [0.1, 0.15) is 11.8 Å². The lowest BCUT2D eigenvalue weighted by Gasteiger charge is -2.33. The Morgan fingerprint density at radius 3 is 2.73 bits per heavy atom. The second kappa shape index (κ2) is 4.28. The molecular weight excluding hydrogens is 188 g/mol. The Hall–Kier alpha value is -1.60. The third-order valence-corrected chi connectivity index (χ3v) is 2.73. The molecule has 0 spiro atoms. The molecule has 0 aliphatic carbocycles. The van der Waals surface area contributed by atoms with Gasteiger partial charge in [-0.05, 0) is 19.2 Å². The maximum Gasteiger partial charge on any atom is 0.142 e. The second-order valence-corrected chi connectivity index (χ2v) is 3.80. The van der Waals surface area contributed by atoms with Crippen LogP contribution in [-0.4, -0.2) is 43.1 Å². The molecule has 0 saturated carbocycles. The van der Waals surface area contributed by atoms with Crippen LogP contribution in [0.3, 0.4) is 0 Å². The number of nitrogens with zero attached hydrogens (tertiary/aromatic N) is 4. The highest BCUT2D eigenvalue weighted by atomic mass is 15.2. The summed E-state index contributed by atoms with van der Waals surface area (Å²) in [6, 6.07) is 5.88. The largest absolute Gasteiger partial charge is 0.369 e. The van der Waals surface area contributed by atoms with Crippen LogP contribution in [-0.2, 0) is 0 Å². The Kier molecular flexibility index (Phi) is 2.84. The predicted octanol–water partition coefficient (Wildman–Crippen LogP) is 0.705. The van der Waals surface area contributed by atoms with Crippen molar-refractivity contribution >= 4 is 5.69 Å². The van der Waals surface area contributed by atoms with Gasteiger partial charge < -0.3 is 9.80 Å². The number of anilines is 1. The first-order valence-corrected chi connectivity index (χ1v) is 5.09. The summed E-state index contributed by atoms with van der Waals surface area (Å²) in [7, 11) is 2.13. The molecule has 1 saturated heterocycles. The van der Waals surface area contributed by atoms with E-state index >= 15 is 0 Å². The summed E-state index contributed by atoms with van der Waals surface area (Å²) in [6.45, 7) is 4.19. The summed E-state index contributed by atoms with van der Waals surface area (Å²) in [5.41, 5.74) is 1.60. The van der Waals surface area contributed by atoms with Gasteiger partial charge in [0.15, 0.2) is 0 Å². The molecule has 4 heteroatoms.